The minimum atomic E-state index is -0.295. The van der Waals surface area contributed by atoms with Crippen LogP contribution in [0, 0.1) is 0 Å². The number of hydrogen-bond acceptors (Lipinski definition) is 7. The first-order valence-corrected chi connectivity index (χ1v) is 13.3. The average Bonchev–Trinajstić information content (AvgIpc) is 3.17. The molecule has 4 rings (SSSR count). The Bertz CT molecular complexity index is 1340. The van der Waals surface area contributed by atoms with E-state index in [0.29, 0.717) is 44.5 Å². The van der Waals surface area contributed by atoms with Crippen molar-refractivity contribution in [2.24, 2.45) is 0 Å². The lowest BCUT2D eigenvalue weighted by molar-refractivity contribution is -0.118. The van der Waals surface area contributed by atoms with Crippen molar-refractivity contribution in [3.05, 3.63) is 81.7 Å². The summed E-state index contributed by atoms with van der Waals surface area (Å²) in [6.45, 7) is 2.08. The maximum absolute atomic E-state index is 13.1. The summed E-state index contributed by atoms with van der Waals surface area (Å²) in [6, 6.07) is 19.7. The number of amides is 2. The van der Waals surface area contributed by atoms with E-state index in [1.807, 2.05) is 19.1 Å². The minimum Gasteiger partial charge on any atom is -0.497 e. The van der Waals surface area contributed by atoms with Gasteiger partial charge in [0, 0.05) is 10.2 Å². The van der Waals surface area contributed by atoms with Crippen molar-refractivity contribution >= 4 is 73.5 Å². The maximum Gasteiger partial charge on any atom is 0.270 e. The first kappa shape index (κ1) is 26.7. The van der Waals surface area contributed by atoms with Gasteiger partial charge in [0.05, 0.1) is 24.3 Å². The Morgan fingerprint density at radius 3 is 2.46 bits per heavy atom. The summed E-state index contributed by atoms with van der Waals surface area (Å²) in [7, 11) is 1.59. The lowest BCUT2D eigenvalue weighted by Crippen LogP contribution is -2.27. The fourth-order valence-corrected chi connectivity index (χ4v) is 5.01. The first-order chi connectivity index (χ1) is 17.9. The molecule has 10 heteroatoms. The molecule has 1 aliphatic rings. The molecule has 1 fully saturated rings. The topological polar surface area (TPSA) is 77.1 Å². The van der Waals surface area contributed by atoms with E-state index in [0.717, 1.165) is 10.0 Å². The normalized spacial score (nSPS) is 14.1. The van der Waals surface area contributed by atoms with Gasteiger partial charge in [-0.25, -0.2) is 0 Å². The van der Waals surface area contributed by atoms with Crippen molar-refractivity contribution in [2.75, 3.05) is 30.5 Å². The monoisotopic (exact) mass is 598 g/mol. The van der Waals surface area contributed by atoms with Crippen LogP contribution in [0.25, 0.3) is 6.08 Å². The summed E-state index contributed by atoms with van der Waals surface area (Å²) in [6.07, 6.45) is 1.76. The second-order valence-electron chi connectivity index (χ2n) is 7.70. The molecule has 190 valence electrons. The molecule has 7 nitrogen and oxygen atoms in total. The van der Waals surface area contributed by atoms with Crippen molar-refractivity contribution in [1.29, 1.82) is 0 Å². The predicted molar refractivity (Wildman–Crippen MR) is 155 cm³/mol. The maximum atomic E-state index is 13.1. The summed E-state index contributed by atoms with van der Waals surface area (Å²) in [4.78, 5) is 27.4. The number of nitrogens with zero attached hydrogens (tertiary/aromatic N) is 1. The van der Waals surface area contributed by atoms with E-state index >= 15 is 0 Å². The lowest BCUT2D eigenvalue weighted by atomic mass is 10.1. The van der Waals surface area contributed by atoms with Crippen LogP contribution in [0.3, 0.4) is 0 Å². The molecule has 0 aliphatic carbocycles. The number of nitrogens with one attached hydrogen (secondary N) is 1. The third-order valence-electron chi connectivity index (χ3n) is 5.18. The highest BCUT2D eigenvalue weighted by atomic mass is 79.9. The van der Waals surface area contributed by atoms with Crippen LogP contribution in [-0.4, -0.2) is 36.5 Å². The number of thioether (sulfide) groups is 1. The van der Waals surface area contributed by atoms with Crippen LogP contribution in [0.5, 0.6) is 17.2 Å². The molecule has 0 unspecified atom stereocenters. The van der Waals surface area contributed by atoms with Crippen LogP contribution in [0.15, 0.2) is 76.1 Å². The van der Waals surface area contributed by atoms with Gasteiger partial charge < -0.3 is 19.5 Å². The summed E-state index contributed by atoms with van der Waals surface area (Å²) < 4.78 is 18.0. The Kier molecular flexibility index (Phi) is 8.86. The van der Waals surface area contributed by atoms with Crippen LogP contribution < -0.4 is 24.4 Å². The van der Waals surface area contributed by atoms with Crippen LogP contribution in [0.4, 0.5) is 11.4 Å². The number of halogens is 1. The molecule has 0 radical (unpaired) electrons. The quantitative estimate of drug-likeness (QED) is 0.229. The molecule has 2 amide bonds. The first-order valence-electron chi connectivity index (χ1n) is 11.2. The molecule has 0 saturated carbocycles. The van der Waals surface area contributed by atoms with Gasteiger partial charge in [-0.15, -0.1) is 0 Å². The predicted octanol–water partition coefficient (Wildman–Crippen LogP) is 6.28. The SMILES string of the molecule is CCOc1cc(/C=C2\SC(=S)N(c3ccc(OC)cc3)C2=O)ccc1OCC(=O)Nc1ccc(Br)cc1. The summed E-state index contributed by atoms with van der Waals surface area (Å²) >= 11 is 10.1. The van der Waals surface area contributed by atoms with E-state index in [-0.39, 0.29) is 18.4 Å². The summed E-state index contributed by atoms with van der Waals surface area (Å²) in [5, 5.41) is 2.78. The molecule has 37 heavy (non-hydrogen) atoms. The van der Waals surface area contributed by atoms with Crippen LogP contribution in [0.2, 0.25) is 0 Å². The Morgan fingerprint density at radius 2 is 1.78 bits per heavy atom. The van der Waals surface area contributed by atoms with Crippen molar-refractivity contribution < 1.29 is 23.8 Å². The van der Waals surface area contributed by atoms with Gasteiger partial charge in [0.15, 0.2) is 22.4 Å². The molecule has 3 aromatic carbocycles. The average molecular weight is 600 g/mol. The number of benzene rings is 3. The number of rotatable bonds is 9. The lowest BCUT2D eigenvalue weighted by Gasteiger charge is -2.14. The standard InChI is InChI=1S/C27H23BrN2O5S2/c1-3-34-23-14-17(4-13-22(23)35-16-25(31)29-19-7-5-18(28)6-8-19)15-24-26(32)30(27(36)37-24)20-9-11-21(33-2)12-10-20/h4-15H,3,16H2,1-2H3,(H,29,31)/b24-15-. The molecule has 3 aromatic rings. The summed E-state index contributed by atoms with van der Waals surface area (Å²) in [5.41, 5.74) is 2.08. The number of ether oxygens (including phenoxy) is 3. The van der Waals surface area contributed by atoms with Crippen LogP contribution >= 0.6 is 39.9 Å². The van der Waals surface area contributed by atoms with Crippen molar-refractivity contribution in [3.8, 4) is 17.2 Å². The molecular formula is C27H23BrN2O5S2. The highest BCUT2D eigenvalue weighted by Gasteiger charge is 2.33. The van der Waals surface area contributed by atoms with E-state index < -0.39 is 0 Å². The third-order valence-corrected chi connectivity index (χ3v) is 7.01. The zero-order chi connectivity index (χ0) is 26.4. The number of thiocarbonyl (C=S) groups is 1. The van der Waals surface area contributed by atoms with Crippen LogP contribution in [0.1, 0.15) is 12.5 Å². The Labute approximate surface area is 232 Å². The number of carbonyl (C=O) groups is 2. The Morgan fingerprint density at radius 1 is 1.05 bits per heavy atom. The fraction of sp³-hybridized carbons (Fsp3) is 0.148. The van der Waals surface area contributed by atoms with Crippen molar-refractivity contribution in [2.45, 2.75) is 6.92 Å². The molecule has 0 aromatic heterocycles. The smallest absolute Gasteiger partial charge is 0.270 e. The van der Waals surface area contributed by atoms with Gasteiger partial charge in [-0.05, 0) is 79.2 Å². The fourth-order valence-electron chi connectivity index (χ4n) is 3.45. The highest BCUT2D eigenvalue weighted by molar-refractivity contribution is 9.10. The van der Waals surface area contributed by atoms with E-state index in [4.69, 9.17) is 26.4 Å². The number of anilines is 2. The van der Waals surface area contributed by atoms with Gasteiger partial charge in [0.1, 0.15) is 5.75 Å². The molecule has 1 aliphatic heterocycles. The van der Waals surface area contributed by atoms with E-state index in [9.17, 15) is 9.59 Å². The third kappa shape index (κ3) is 6.71. The molecule has 1 heterocycles. The van der Waals surface area contributed by atoms with Crippen molar-refractivity contribution in [3.63, 3.8) is 0 Å². The number of carbonyl (C=O) groups excluding carboxylic acids is 2. The Balaban J connectivity index is 1.46. The van der Waals surface area contributed by atoms with Crippen molar-refractivity contribution in [1.82, 2.24) is 0 Å². The zero-order valence-electron chi connectivity index (χ0n) is 20.0. The second-order valence-corrected chi connectivity index (χ2v) is 10.3. The molecular weight excluding hydrogens is 576 g/mol. The number of methoxy groups -OCH3 is 1. The van der Waals surface area contributed by atoms with Gasteiger partial charge in [-0.2, -0.15) is 0 Å². The second kappa shape index (κ2) is 12.3. The van der Waals surface area contributed by atoms with Crippen LogP contribution in [-0.2, 0) is 9.59 Å². The van der Waals surface area contributed by atoms with Gasteiger partial charge in [-0.3, -0.25) is 14.5 Å². The van der Waals surface area contributed by atoms with Gasteiger partial charge in [-0.1, -0.05) is 46.0 Å². The van der Waals surface area contributed by atoms with Gasteiger partial charge in [0.25, 0.3) is 11.8 Å². The zero-order valence-corrected chi connectivity index (χ0v) is 23.2. The molecule has 0 spiro atoms. The summed E-state index contributed by atoms with van der Waals surface area (Å²) in [5.74, 6) is 1.09. The highest BCUT2D eigenvalue weighted by Crippen LogP contribution is 2.37. The molecule has 0 atom stereocenters. The minimum absolute atomic E-state index is 0.185. The molecule has 0 bridgehead atoms. The largest absolute Gasteiger partial charge is 0.497 e. The van der Waals surface area contributed by atoms with Gasteiger partial charge >= 0.3 is 0 Å². The number of hydrogen-bond donors (Lipinski definition) is 1. The Hall–Kier alpha value is -3.34. The van der Waals surface area contributed by atoms with E-state index in [2.05, 4.69) is 21.2 Å². The van der Waals surface area contributed by atoms with Gasteiger partial charge in [0.2, 0.25) is 0 Å². The molecule has 1 N–H and O–H groups in total. The van der Waals surface area contributed by atoms with E-state index in [1.165, 1.54) is 16.7 Å². The molecule has 1 saturated heterocycles. The van der Waals surface area contributed by atoms with E-state index in [1.54, 1.807) is 67.8 Å².